The van der Waals surface area contributed by atoms with Gasteiger partial charge in [0.2, 0.25) is 5.88 Å². The topological polar surface area (TPSA) is 107 Å². The number of amides is 1. The van der Waals surface area contributed by atoms with Gasteiger partial charge in [0.15, 0.2) is 5.82 Å². The number of aryl methyl sites for hydroxylation is 1. The minimum absolute atomic E-state index is 0.278. The number of nitrogens with two attached hydrogens (primary N) is 1. The highest BCUT2D eigenvalue weighted by Gasteiger charge is 2.23. The molecule has 3 heterocycles. The van der Waals surface area contributed by atoms with Gasteiger partial charge in [-0.3, -0.25) is 4.79 Å². The zero-order valence-corrected chi connectivity index (χ0v) is 16.9. The third-order valence-electron chi connectivity index (χ3n) is 5.16. The van der Waals surface area contributed by atoms with E-state index >= 15 is 0 Å². The van der Waals surface area contributed by atoms with Gasteiger partial charge in [-0.15, -0.1) is 0 Å². The number of hydrogen-bond donors (Lipinski definition) is 1. The molecule has 8 heteroatoms. The smallest absolute Gasteiger partial charge is 0.324 e. The largest absolute Gasteiger partial charge is 0.478 e. The Morgan fingerprint density at radius 3 is 2.68 bits per heavy atom. The summed E-state index contributed by atoms with van der Waals surface area (Å²) in [7, 11) is 0. The van der Waals surface area contributed by atoms with Crippen LogP contribution in [-0.2, 0) is 0 Å². The van der Waals surface area contributed by atoms with Gasteiger partial charge in [-0.25, -0.2) is 4.98 Å². The molecule has 2 aromatic rings. The second kappa shape index (κ2) is 9.03. The molecule has 2 aromatic heterocycles. The number of aromatic nitrogens is 3. The fourth-order valence-corrected chi connectivity index (χ4v) is 3.43. The third-order valence-corrected chi connectivity index (χ3v) is 5.16. The predicted octanol–water partition coefficient (Wildman–Crippen LogP) is 3.07. The summed E-state index contributed by atoms with van der Waals surface area (Å²) in [6.07, 6.45) is 4.32. The number of ether oxygens (including phenoxy) is 1. The summed E-state index contributed by atoms with van der Waals surface area (Å²) in [6.45, 7) is 8.39. The molecule has 0 saturated carbocycles. The Balaban J connectivity index is 1.37. The second-order valence-corrected chi connectivity index (χ2v) is 7.66. The molecular formula is C20H29N5O3. The number of anilines is 1. The highest BCUT2D eigenvalue weighted by Crippen LogP contribution is 2.26. The van der Waals surface area contributed by atoms with Crippen molar-refractivity contribution in [2.45, 2.75) is 52.4 Å². The first kappa shape index (κ1) is 20.1. The van der Waals surface area contributed by atoms with Crippen molar-refractivity contribution >= 4 is 11.9 Å². The maximum Gasteiger partial charge on any atom is 0.324 e. The molecule has 0 aromatic carbocycles. The first-order valence-corrected chi connectivity index (χ1v) is 9.93. The van der Waals surface area contributed by atoms with Gasteiger partial charge >= 0.3 is 6.01 Å². The molecule has 0 atom stereocenters. The van der Waals surface area contributed by atoms with Crippen molar-refractivity contribution in [3.05, 3.63) is 29.2 Å². The van der Waals surface area contributed by atoms with Crippen molar-refractivity contribution in [3.63, 3.8) is 0 Å². The highest BCUT2D eigenvalue weighted by atomic mass is 16.5. The van der Waals surface area contributed by atoms with Crippen LogP contribution in [0.1, 0.15) is 67.3 Å². The minimum atomic E-state index is -0.469. The molecule has 1 saturated heterocycles. The van der Waals surface area contributed by atoms with E-state index in [4.69, 9.17) is 15.0 Å². The van der Waals surface area contributed by atoms with E-state index in [9.17, 15) is 4.79 Å². The second-order valence-electron chi connectivity index (χ2n) is 7.66. The van der Waals surface area contributed by atoms with Crippen LogP contribution in [-0.4, -0.2) is 40.7 Å². The molecule has 1 aliphatic heterocycles. The summed E-state index contributed by atoms with van der Waals surface area (Å²) in [6, 6.07) is 4.01. The summed E-state index contributed by atoms with van der Waals surface area (Å²) < 4.78 is 11.1. The highest BCUT2D eigenvalue weighted by molar-refractivity contribution is 5.93. The molecular weight excluding hydrogens is 358 g/mol. The van der Waals surface area contributed by atoms with Crippen LogP contribution in [0.3, 0.4) is 0 Å². The van der Waals surface area contributed by atoms with Crippen molar-refractivity contribution in [1.29, 1.82) is 0 Å². The quantitative estimate of drug-likeness (QED) is 0.694. The zero-order valence-electron chi connectivity index (χ0n) is 16.9. The van der Waals surface area contributed by atoms with E-state index in [1.165, 1.54) is 0 Å². The number of carbonyl (C=O) groups is 1. The molecule has 1 aliphatic rings. The Hall–Kier alpha value is -2.64. The Morgan fingerprint density at radius 2 is 2.07 bits per heavy atom. The van der Waals surface area contributed by atoms with Gasteiger partial charge in [0.05, 0.1) is 17.9 Å². The Bertz CT molecular complexity index is 797. The van der Waals surface area contributed by atoms with E-state index in [2.05, 4.69) is 33.9 Å². The molecule has 3 rings (SSSR count). The Morgan fingerprint density at radius 1 is 1.32 bits per heavy atom. The minimum Gasteiger partial charge on any atom is -0.478 e. The molecule has 2 N–H and O–H groups in total. The molecule has 0 unspecified atom stereocenters. The van der Waals surface area contributed by atoms with Gasteiger partial charge in [0.1, 0.15) is 0 Å². The van der Waals surface area contributed by atoms with Crippen LogP contribution in [0.15, 0.2) is 16.7 Å². The maximum absolute atomic E-state index is 11.2. The van der Waals surface area contributed by atoms with Crippen LogP contribution < -0.4 is 15.4 Å². The van der Waals surface area contributed by atoms with Gasteiger partial charge in [0, 0.05) is 25.1 Å². The Kier molecular flexibility index (Phi) is 6.49. The molecule has 0 radical (unpaired) electrons. The average Bonchev–Trinajstić information content (AvgIpc) is 3.16. The molecule has 0 bridgehead atoms. The number of rotatable bonds is 8. The van der Waals surface area contributed by atoms with E-state index in [0.29, 0.717) is 35.7 Å². The van der Waals surface area contributed by atoms with Crippen LogP contribution in [0.2, 0.25) is 0 Å². The predicted molar refractivity (Wildman–Crippen MR) is 106 cm³/mol. The molecule has 8 nitrogen and oxygen atoms in total. The van der Waals surface area contributed by atoms with E-state index in [1.54, 1.807) is 19.1 Å². The third kappa shape index (κ3) is 4.99. The Labute approximate surface area is 165 Å². The van der Waals surface area contributed by atoms with Gasteiger partial charge in [-0.2, -0.15) is 4.98 Å². The van der Waals surface area contributed by atoms with Crippen LogP contribution in [0.4, 0.5) is 6.01 Å². The van der Waals surface area contributed by atoms with E-state index in [-0.39, 0.29) is 5.92 Å². The number of piperidine rings is 1. The lowest BCUT2D eigenvalue weighted by molar-refractivity contribution is 0.0999. The van der Waals surface area contributed by atoms with Crippen LogP contribution in [0, 0.1) is 12.8 Å². The SMILES string of the molecule is Cc1nc(OCCCC2CCN(c3nc(C(C)C)no3)CC2)ccc1C(N)=O. The zero-order chi connectivity index (χ0) is 20.1. The lowest BCUT2D eigenvalue weighted by atomic mass is 9.92. The first-order valence-electron chi connectivity index (χ1n) is 9.93. The fourth-order valence-electron chi connectivity index (χ4n) is 3.43. The summed E-state index contributed by atoms with van der Waals surface area (Å²) in [5.74, 6) is 1.79. The molecule has 1 amide bonds. The molecule has 152 valence electrons. The molecule has 0 aliphatic carbocycles. The average molecular weight is 387 g/mol. The van der Waals surface area contributed by atoms with Crippen molar-refractivity contribution in [3.8, 4) is 5.88 Å². The number of carbonyl (C=O) groups excluding carboxylic acids is 1. The monoisotopic (exact) mass is 387 g/mol. The van der Waals surface area contributed by atoms with Crippen LogP contribution in [0.25, 0.3) is 0 Å². The van der Waals surface area contributed by atoms with Gasteiger partial charge in [-0.1, -0.05) is 19.0 Å². The van der Waals surface area contributed by atoms with Gasteiger partial charge in [0.25, 0.3) is 5.91 Å². The number of nitrogens with zero attached hydrogens (tertiary/aromatic N) is 4. The summed E-state index contributed by atoms with van der Waals surface area (Å²) in [5, 5.41) is 4.04. The number of pyridine rings is 1. The molecule has 1 fully saturated rings. The standard InChI is InChI=1S/C20H29N5O3/c1-13(2)19-23-20(28-24-19)25-10-8-15(9-11-25)5-4-12-27-17-7-6-16(18(21)26)14(3)22-17/h6-7,13,15H,4-5,8-12H2,1-3H3,(H2,21,26). The van der Waals surface area contributed by atoms with Gasteiger partial charge < -0.3 is 19.9 Å². The van der Waals surface area contributed by atoms with Crippen LogP contribution >= 0.6 is 0 Å². The summed E-state index contributed by atoms with van der Waals surface area (Å²) in [5.41, 5.74) is 6.32. The van der Waals surface area contributed by atoms with E-state index in [1.807, 2.05) is 0 Å². The lowest BCUT2D eigenvalue weighted by Crippen LogP contribution is -2.34. The number of primary amides is 1. The van der Waals surface area contributed by atoms with Crippen molar-refractivity contribution in [2.24, 2.45) is 11.7 Å². The normalized spacial score (nSPS) is 15.2. The van der Waals surface area contributed by atoms with E-state index in [0.717, 1.165) is 44.6 Å². The number of hydrogen-bond acceptors (Lipinski definition) is 7. The van der Waals surface area contributed by atoms with E-state index < -0.39 is 5.91 Å². The maximum atomic E-state index is 11.2. The molecule has 0 spiro atoms. The summed E-state index contributed by atoms with van der Waals surface area (Å²) in [4.78, 5) is 22.2. The molecule has 28 heavy (non-hydrogen) atoms. The van der Waals surface area contributed by atoms with Crippen LogP contribution in [0.5, 0.6) is 5.88 Å². The van der Waals surface area contributed by atoms with Gasteiger partial charge in [-0.05, 0) is 44.6 Å². The fraction of sp³-hybridized carbons (Fsp3) is 0.600. The lowest BCUT2D eigenvalue weighted by Gasteiger charge is -2.30. The summed E-state index contributed by atoms with van der Waals surface area (Å²) >= 11 is 0. The van der Waals surface area contributed by atoms with Crippen molar-refractivity contribution < 1.29 is 14.1 Å². The first-order chi connectivity index (χ1) is 13.4. The van der Waals surface area contributed by atoms with Crippen molar-refractivity contribution in [2.75, 3.05) is 24.6 Å². The van der Waals surface area contributed by atoms with Crippen molar-refractivity contribution in [1.82, 2.24) is 15.1 Å².